The first kappa shape index (κ1) is 16.2. The minimum atomic E-state index is -1.18. The highest BCUT2D eigenvalue weighted by Crippen LogP contribution is 2.38. The minimum absolute atomic E-state index is 0.188. The van der Waals surface area contributed by atoms with Crippen LogP contribution in [0.25, 0.3) is 33.4 Å². The quantitative estimate of drug-likeness (QED) is 0.566. The van der Waals surface area contributed by atoms with Crippen molar-refractivity contribution in [1.82, 2.24) is 19.9 Å². The molecule has 3 aromatic heterocycles. The monoisotopic (exact) mass is 368 g/mol. The topological polar surface area (TPSA) is 91.8 Å². The number of benzene rings is 1. The summed E-state index contributed by atoms with van der Waals surface area (Å²) < 4.78 is 13.2. The predicted molar refractivity (Wildman–Crippen MR) is 94.5 cm³/mol. The van der Waals surface area contributed by atoms with E-state index >= 15 is 0 Å². The van der Waals surface area contributed by atoms with Crippen molar-refractivity contribution in [1.29, 1.82) is 0 Å². The summed E-state index contributed by atoms with van der Waals surface area (Å²) in [5.41, 5.74) is 2.64. The van der Waals surface area contributed by atoms with Crippen molar-refractivity contribution in [2.45, 2.75) is 0 Å². The van der Waals surface area contributed by atoms with E-state index in [1.165, 1.54) is 24.5 Å². The molecular weight excluding hydrogens is 359 g/mol. The van der Waals surface area contributed by atoms with E-state index in [1.807, 2.05) is 0 Å². The van der Waals surface area contributed by atoms with Gasteiger partial charge in [0, 0.05) is 28.9 Å². The smallest absolute Gasteiger partial charge is 0.356 e. The third-order valence-electron chi connectivity index (χ3n) is 3.92. The molecule has 0 amide bonds. The zero-order valence-electron chi connectivity index (χ0n) is 13.1. The fourth-order valence-corrected chi connectivity index (χ4v) is 3.03. The standard InChI is InChI=1S/C18H10ClFN4O2/c19-16-12(13-7-21-8-14(24-13)18(25)26)6-23-17-15(16)11(5-22-17)9-1-3-10(20)4-2-9/h1-8H,(H,22,23)(H,25,26). The van der Waals surface area contributed by atoms with Crippen LogP contribution < -0.4 is 0 Å². The van der Waals surface area contributed by atoms with E-state index in [2.05, 4.69) is 19.9 Å². The molecule has 8 heteroatoms. The van der Waals surface area contributed by atoms with E-state index in [9.17, 15) is 9.18 Å². The number of carbonyl (C=O) groups is 1. The Morgan fingerprint density at radius 3 is 2.62 bits per heavy atom. The van der Waals surface area contributed by atoms with Crippen LogP contribution in [-0.2, 0) is 0 Å². The summed E-state index contributed by atoms with van der Waals surface area (Å²) in [5, 5.41) is 10.1. The van der Waals surface area contributed by atoms with Crippen molar-refractivity contribution in [3.05, 3.63) is 65.6 Å². The maximum absolute atomic E-state index is 13.2. The van der Waals surface area contributed by atoms with Crippen LogP contribution in [-0.4, -0.2) is 31.0 Å². The van der Waals surface area contributed by atoms with Crippen LogP contribution in [0.2, 0.25) is 5.02 Å². The molecule has 4 rings (SSSR count). The molecule has 0 unspecified atom stereocenters. The maximum atomic E-state index is 13.2. The molecule has 0 saturated carbocycles. The van der Waals surface area contributed by atoms with Crippen molar-refractivity contribution < 1.29 is 14.3 Å². The molecule has 128 valence electrons. The largest absolute Gasteiger partial charge is 0.476 e. The summed E-state index contributed by atoms with van der Waals surface area (Å²) in [7, 11) is 0. The van der Waals surface area contributed by atoms with E-state index in [0.29, 0.717) is 27.3 Å². The molecule has 0 atom stereocenters. The molecule has 0 bridgehead atoms. The molecule has 0 aliphatic heterocycles. The SMILES string of the molecule is O=C(O)c1cncc(-c2cnc3[nH]cc(-c4ccc(F)cc4)c3c2Cl)n1. The number of hydrogen-bond acceptors (Lipinski definition) is 4. The number of aromatic carboxylic acids is 1. The highest BCUT2D eigenvalue weighted by Gasteiger charge is 2.17. The molecule has 0 radical (unpaired) electrons. The van der Waals surface area contributed by atoms with Crippen LogP contribution >= 0.6 is 11.6 Å². The van der Waals surface area contributed by atoms with Gasteiger partial charge < -0.3 is 10.1 Å². The lowest BCUT2D eigenvalue weighted by atomic mass is 10.0. The first-order chi connectivity index (χ1) is 12.5. The number of aromatic nitrogens is 4. The van der Waals surface area contributed by atoms with Gasteiger partial charge in [0.1, 0.15) is 11.5 Å². The third kappa shape index (κ3) is 2.68. The van der Waals surface area contributed by atoms with Gasteiger partial charge in [0.2, 0.25) is 0 Å². The average Bonchev–Trinajstić information content (AvgIpc) is 3.08. The molecule has 26 heavy (non-hydrogen) atoms. The van der Waals surface area contributed by atoms with Gasteiger partial charge in [-0.25, -0.2) is 19.2 Å². The van der Waals surface area contributed by atoms with Crippen LogP contribution in [0.4, 0.5) is 4.39 Å². The number of hydrogen-bond donors (Lipinski definition) is 2. The first-order valence-electron chi connectivity index (χ1n) is 7.52. The van der Waals surface area contributed by atoms with Crippen LogP contribution in [0.15, 0.2) is 49.1 Å². The van der Waals surface area contributed by atoms with Gasteiger partial charge in [-0.2, -0.15) is 0 Å². The zero-order chi connectivity index (χ0) is 18.3. The van der Waals surface area contributed by atoms with Gasteiger partial charge >= 0.3 is 5.97 Å². The minimum Gasteiger partial charge on any atom is -0.476 e. The summed E-state index contributed by atoms with van der Waals surface area (Å²) in [4.78, 5) is 26.4. The summed E-state index contributed by atoms with van der Waals surface area (Å²) in [6.07, 6.45) is 5.82. The van der Waals surface area contributed by atoms with Crippen molar-refractivity contribution in [2.75, 3.05) is 0 Å². The Hall–Kier alpha value is -3.32. The summed E-state index contributed by atoms with van der Waals surface area (Å²) in [5.74, 6) is -1.52. The van der Waals surface area contributed by atoms with Gasteiger partial charge in [-0.1, -0.05) is 23.7 Å². The molecule has 2 N–H and O–H groups in total. The van der Waals surface area contributed by atoms with Gasteiger partial charge in [-0.3, -0.25) is 4.98 Å². The lowest BCUT2D eigenvalue weighted by molar-refractivity contribution is 0.0690. The normalized spacial score (nSPS) is 11.0. The summed E-state index contributed by atoms with van der Waals surface area (Å²) >= 11 is 6.59. The van der Waals surface area contributed by atoms with Gasteiger partial charge in [0.05, 0.1) is 23.1 Å². The number of H-pyrrole nitrogens is 1. The molecular formula is C18H10ClFN4O2. The Kier molecular flexibility index (Phi) is 3.85. The number of carboxylic acid groups (broad SMARTS) is 1. The maximum Gasteiger partial charge on any atom is 0.356 e. The van der Waals surface area contributed by atoms with E-state index in [4.69, 9.17) is 16.7 Å². The van der Waals surface area contributed by atoms with E-state index in [1.54, 1.807) is 18.3 Å². The number of carboxylic acids is 1. The number of halogens is 2. The first-order valence-corrected chi connectivity index (χ1v) is 7.89. The van der Waals surface area contributed by atoms with E-state index in [0.717, 1.165) is 17.3 Å². The lowest BCUT2D eigenvalue weighted by Gasteiger charge is -2.07. The second-order valence-corrected chi connectivity index (χ2v) is 5.89. The third-order valence-corrected chi connectivity index (χ3v) is 4.32. The number of nitrogens with zero attached hydrogens (tertiary/aromatic N) is 3. The molecule has 6 nitrogen and oxygen atoms in total. The molecule has 3 heterocycles. The molecule has 1 aromatic carbocycles. The highest BCUT2D eigenvalue weighted by atomic mass is 35.5. The van der Waals surface area contributed by atoms with Crippen molar-refractivity contribution in [3.63, 3.8) is 0 Å². The highest BCUT2D eigenvalue weighted by molar-refractivity contribution is 6.39. The van der Waals surface area contributed by atoms with E-state index in [-0.39, 0.29) is 11.5 Å². The summed E-state index contributed by atoms with van der Waals surface area (Å²) in [6, 6.07) is 6.01. The Labute approximate surface area is 151 Å². The fraction of sp³-hybridized carbons (Fsp3) is 0. The van der Waals surface area contributed by atoms with Gasteiger partial charge in [-0.15, -0.1) is 0 Å². The number of rotatable bonds is 3. The molecule has 0 saturated heterocycles. The van der Waals surface area contributed by atoms with Crippen molar-refractivity contribution in [3.8, 4) is 22.4 Å². The molecule has 4 aromatic rings. The average molecular weight is 369 g/mol. The number of aromatic amines is 1. The van der Waals surface area contributed by atoms with Gasteiger partial charge in [-0.05, 0) is 17.7 Å². The molecule has 0 spiro atoms. The number of nitrogens with one attached hydrogen (secondary N) is 1. The fourth-order valence-electron chi connectivity index (χ4n) is 2.69. The Morgan fingerprint density at radius 1 is 1.12 bits per heavy atom. The second kappa shape index (κ2) is 6.20. The Bertz CT molecular complexity index is 1140. The number of fused-ring (bicyclic) bond motifs is 1. The Balaban J connectivity index is 1.92. The lowest BCUT2D eigenvalue weighted by Crippen LogP contribution is -2.02. The summed E-state index contributed by atoms with van der Waals surface area (Å²) in [6.45, 7) is 0. The molecule has 0 aliphatic rings. The van der Waals surface area contributed by atoms with Crippen LogP contribution in [0.5, 0.6) is 0 Å². The van der Waals surface area contributed by atoms with Crippen molar-refractivity contribution >= 4 is 28.6 Å². The molecule has 0 aliphatic carbocycles. The van der Waals surface area contributed by atoms with Crippen LogP contribution in [0.1, 0.15) is 10.5 Å². The predicted octanol–water partition coefficient (Wildman–Crippen LogP) is 4.18. The van der Waals surface area contributed by atoms with Crippen LogP contribution in [0.3, 0.4) is 0 Å². The Morgan fingerprint density at radius 2 is 1.88 bits per heavy atom. The number of pyridine rings is 1. The van der Waals surface area contributed by atoms with Crippen molar-refractivity contribution in [2.24, 2.45) is 0 Å². The zero-order valence-corrected chi connectivity index (χ0v) is 13.8. The van der Waals surface area contributed by atoms with Gasteiger partial charge in [0.15, 0.2) is 5.69 Å². The van der Waals surface area contributed by atoms with Gasteiger partial charge in [0.25, 0.3) is 0 Å². The van der Waals surface area contributed by atoms with E-state index < -0.39 is 5.97 Å². The second-order valence-electron chi connectivity index (χ2n) is 5.51. The van der Waals surface area contributed by atoms with Crippen LogP contribution in [0, 0.1) is 5.82 Å². The molecule has 0 fully saturated rings.